The van der Waals surface area contributed by atoms with Crippen LogP contribution in [0, 0.1) is 13.8 Å². The second-order valence-electron chi connectivity index (χ2n) is 15.8. The molecule has 0 aliphatic carbocycles. The highest BCUT2D eigenvalue weighted by Crippen LogP contribution is 2.64. The third-order valence-electron chi connectivity index (χ3n) is 12.8. The number of nitrogens with zero attached hydrogens (tertiary/aromatic N) is 2. The Kier molecular flexibility index (Phi) is 10.1. The van der Waals surface area contributed by atoms with Crippen LogP contribution >= 0.6 is 23.4 Å². The Labute approximate surface area is 350 Å². The van der Waals surface area contributed by atoms with Gasteiger partial charge in [0.15, 0.2) is 40.0 Å². The number of aromatic hydroxyl groups is 1. The van der Waals surface area contributed by atoms with E-state index in [1.54, 1.807) is 12.1 Å². The lowest BCUT2D eigenvalue weighted by atomic mass is 9.73. The zero-order valence-corrected chi connectivity index (χ0v) is 35.1. The molecule has 3 aromatic rings. The van der Waals surface area contributed by atoms with Crippen LogP contribution in [0.1, 0.15) is 75.2 Å². The minimum atomic E-state index is -1.42. The first-order chi connectivity index (χ1) is 28.3. The Hall–Kier alpha value is -4.45. The van der Waals surface area contributed by atoms with Crippen molar-refractivity contribution in [1.29, 1.82) is 0 Å². The van der Waals surface area contributed by atoms with E-state index >= 15 is 0 Å². The molecule has 0 radical (unpaired) electrons. The van der Waals surface area contributed by atoms with Crippen LogP contribution < -0.4 is 33.7 Å². The zero-order chi connectivity index (χ0) is 41.7. The number of halogens is 1. The van der Waals surface area contributed by atoms with Crippen molar-refractivity contribution in [2.75, 3.05) is 52.8 Å². The predicted octanol–water partition coefficient (Wildman–Crippen LogP) is 4.24. The number of rotatable bonds is 6. The van der Waals surface area contributed by atoms with Crippen LogP contribution in [0.2, 0.25) is 0 Å². The molecule has 10 rings (SSSR count). The van der Waals surface area contributed by atoms with Crippen LogP contribution in [0.5, 0.6) is 40.2 Å². The third kappa shape index (κ3) is 5.96. The van der Waals surface area contributed by atoms with Crippen LogP contribution in [-0.4, -0.2) is 109 Å². The maximum absolute atomic E-state index is 14.9. The van der Waals surface area contributed by atoms with Crippen molar-refractivity contribution in [3.63, 3.8) is 0 Å². The Bertz CT molecular complexity index is 2290. The number of carbonyl (C=O) groups excluding carboxylic acids is 3. The van der Waals surface area contributed by atoms with Gasteiger partial charge in [-0.25, -0.2) is 4.79 Å². The lowest BCUT2D eigenvalue weighted by molar-refractivity contribution is -0.186. The van der Waals surface area contributed by atoms with Gasteiger partial charge in [-0.05, 0) is 68.1 Å². The molecule has 3 aromatic carbocycles. The number of aryl methyl sites for hydroxylation is 1. The number of ether oxygens (including phenoxy) is 7. The smallest absolute Gasteiger partial charge is 0.331 e. The maximum atomic E-state index is 14.9. The van der Waals surface area contributed by atoms with Crippen LogP contribution in [0.4, 0.5) is 0 Å². The number of hydrogen-bond acceptors (Lipinski definition) is 16. The fraction of sp³-hybridized carbons (Fsp3) is 0.500. The van der Waals surface area contributed by atoms with Gasteiger partial charge in [-0.1, -0.05) is 6.07 Å². The van der Waals surface area contributed by atoms with Crippen molar-refractivity contribution in [2.24, 2.45) is 0 Å². The number of thioether (sulfide) groups is 1. The van der Waals surface area contributed by atoms with Crippen LogP contribution in [0.25, 0.3) is 0 Å². The van der Waals surface area contributed by atoms with Gasteiger partial charge in [0.05, 0.1) is 44.0 Å². The first-order valence-corrected chi connectivity index (χ1v) is 21.2. The van der Waals surface area contributed by atoms with Gasteiger partial charge >= 0.3 is 17.9 Å². The number of benzene rings is 3. The Morgan fingerprint density at radius 2 is 1.80 bits per heavy atom. The summed E-state index contributed by atoms with van der Waals surface area (Å²) in [5, 5.41) is 27.6. The van der Waals surface area contributed by atoms with Crippen molar-refractivity contribution < 1.29 is 57.8 Å². The molecule has 2 saturated heterocycles. The van der Waals surface area contributed by atoms with Gasteiger partial charge in [0, 0.05) is 53.4 Å². The molecule has 7 aliphatic rings. The van der Waals surface area contributed by atoms with Crippen molar-refractivity contribution in [2.45, 2.75) is 81.2 Å². The number of aliphatic hydroxyl groups is 1. The van der Waals surface area contributed by atoms with Crippen LogP contribution in [0.3, 0.4) is 0 Å². The highest BCUT2D eigenvalue weighted by atomic mass is 35.5. The minimum Gasteiger partial charge on any atom is -0.504 e. The Morgan fingerprint density at radius 3 is 2.53 bits per heavy atom. The van der Waals surface area contributed by atoms with Crippen LogP contribution in [-0.2, 0) is 37.5 Å². The van der Waals surface area contributed by atoms with Gasteiger partial charge in [0.2, 0.25) is 6.79 Å². The van der Waals surface area contributed by atoms with E-state index in [4.69, 9.17) is 44.8 Å². The molecule has 7 aliphatic heterocycles. The largest absolute Gasteiger partial charge is 0.504 e. The van der Waals surface area contributed by atoms with Gasteiger partial charge in [0.25, 0.3) is 0 Å². The monoisotopic (exact) mass is 851 g/mol. The van der Waals surface area contributed by atoms with Gasteiger partial charge < -0.3 is 43.4 Å². The fourth-order valence-corrected chi connectivity index (χ4v) is 12.2. The van der Waals surface area contributed by atoms with E-state index in [0.29, 0.717) is 70.2 Å². The summed E-state index contributed by atoms with van der Waals surface area (Å²) in [6.45, 7) is 5.14. The first kappa shape index (κ1) is 40.0. The van der Waals surface area contributed by atoms with E-state index in [1.165, 1.54) is 32.9 Å². The van der Waals surface area contributed by atoms with Crippen molar-refractivity contribution >= 4 is 41.3 Å². The number of nitrogens with one attached hydrogen (secondary N) is 1. The summed E-state index contributed by atoms with van der Waals surface area (Å²) in [5.41, 5.74) is 4.13. The van der Waals surface area contributed by atoms with Crippen LogP contribution in [0.15, 0.2) is 18.2 Å². The summed E-state index contributed by atoms with van der Waals surface area (Å²) >= 11 is 7.27. The summed E-state index contributed by atoms with van der Waals surface area (Å²) in [6, 6.07) is 3.12. The predicted molar refractivity (Wildman–Crippen MR) is 214 cm³/mol. The highest BCUT2D eigenvalue weighted by molar-refractivity contribution is 7.99. The molecule has 1 spiro atoms. The lowest BCUT2D eigenvalue weighted by Gasteiger charge is -2.62. The standard InChI is InChI=1S/C42H46ClN3O12S/c1-18-11-22-12-24-40(50)46-25-15-54-41(51)42(23-14-26(52-5)27(58-28(48)7-9-43)13-21(23)8-10-44-42)16-59-39(33(46)32(45(24)4)29(22)34(49)35(18)53-6)31-30(25)38-37(55-17-56-38)19(2)36(31)57-20(3)47/h11,13-14,24-25,32-33,39-40,44,49-50H,7-10,12,15-17H2,1-6H3/t24-,25+,32+,33?,39+,40-,42+/m0/s1. The Morgan fingerprint density at radius 1 is 1.02 bits per heavy atom. The molecule has 7 heterocycles. The van der Waals surface area contributed by atoms with E-state index in [2.05, 4.69) is 10.2 Å². The summed E-state index contributed by atoms with van der Waals surface area (Å²) in [5.74, 6) is 0.626. The molecule has 0 aromatic heterocycles. The van der Waals surface area contributed by atoms with Crippen molar-refractivity contribution in [3.8, 4) is 40.2 Å². The molecule has 0 saturated carbocycles. The summed E-state index contributed by atoms with van der Waals surface area (Å²) in [7, 11) is 4.94. The molecule has 17 heteroatoms. The Balaban J connectivity index is 1.27. The van der Waals surface area contributed by atoms with E-state index in [0.717, 1.165) is 16.7 Å². The molecule has 59 heavy (non-hydrogen) atoms. The maximum Gasteiger partial charge on any atom is 0.331 e. The number of phenols is 1. The lowest BCUT2D eigenvalue weighted by Crippen LogP contribution is -2.70. The number of methoxy groups -OCH3 is 2. The van der Waals surface area contributed by atoms with Crippen molar-refractivity contribution in [3.05, 3.63) is 62.7 Å². The van der Waals surface area contributed by atoms with Crippen molar-refractivity contribution in [1.82, 2.24) is 15.1 Å². The average molecular weight is 852 g/mol. The van der Waals surface area contributed by atoms with Gasteiger partial charge in [0.1, 0.15) is 18.6 Å². The van der Waals surface area contributed by atoms with Gasteiger partial charge in [-0.2, -0.15) is 0 Å². The van der Waals surface area contributed by atoms with E-state index in [-0.39, 0.29) is 48.7 Å². The molecular formula is C42H46ClN3O12S. The minimum absolute atomic E-state index is 0.00785. The van der Waals surface area contributed by atoms with E-state index in [9.17, 15) is 24.6 Å². The molecular weight excluding hydrogens is 806 g/mol. The number of alkyl halides is 1. The normalized spacial score (nSPS) is 27.8. The molecule has 4 bridgehead atoms. The van der Waals surface area contributed by atoms with E-state index in [1.807, 2.05) is 31.9 Å². The number of aliphatic hydroxyl groups excluding tert-OH is 1. The zero-order valence-electron chi connectivity index (χ0n) is 33.5. The quantitative estimate of drug-likeness (QED) is 0.182. The molecule has 314 valence electrons. The molecule has 15 nitrogen and oxygen atoms in total. The highest BCUT2D eigenvalue weighted by Gasteiger charge is 2.61. The second kappa shape index (κ2) is 14.9. The molecule has 7 atom stereocenters. The molecule has 3 N–H and O–H groups in total. The van der Waals surface area contributed by atoms with Gasteiger partial charge in [-0.15, -0.1) is 23.4 Å². The fourth-order valence-electron chi connectivity index (χ4n) is 10.3. The number of fused-ring (bicyclic) bond motifs is 9. The topological polar surface area (TPSA) is 175 Å². The number of carbonyl (C=O) groups is 3. The number of esters is 3. The second-order valence-corrected chi connectivity index (χ2v) is 17.3. The number of hydrogen-bond donors (Lipinski definition) is 3. The summed E-state index contributed by atoms with van der Waals surface area (Å²) in [6.07, 6.45) is -0.113. The van der Waals surface area contributed by atoms with E-state index < -0.39 is 59.1 Å². The summed E-state index contributed by atoms with van der Waals surface area (Å²) in [4.78, 5) is 44.6. The molecule has 2 fully saturated rings. The number of likely N-dealkylation sites (N-methyl/N-ethyl adjacent to an activating group) is 1. The average Bonchev–Trinajstić information content (AvgIpc) is 3.70. The SMILES string of the molecule is COc1cc2c(cc1OC(=O)CCCl)CCN[C@]21CS[C@@H]2c3c(OC(C)=O)c(C)c4c(c3[C@@H](COC1=O)N1C2[C@H]2c3c(cc(C)c(OC)c3O)C[C@@H]([C@@H]1O)N2C)OCO4. The first-order valence-electron chi connectivity index (χ1n) is 19.6. The van der Waals surface area contributed by atoms with Gasteiger partial charge in [-0.3, -0.25) is 24.7 Å². The third-order valence-corrected chi connectivity index (χ3v) is 14.4. The molecule has 1 unspecified atom stereocenters. The number of piperazine rings is 1. The number of phenolic OH excluding ortho intramolecular Hbond substituents is 1. The molecule has 0 amide bonds. The summed E-state index contributed by atoms with van der Waals surface area (Å²) < 4.78 is 42.0.